The highest BCUT2D eigenvalue weighted by atomic mass is 32.2. The summed E-state index contributed by atoms with van der Waals surface area (Å²) in [5.41, 5.74) is 5.44. The summed E-state index contributed by atoms with van der Waals surface area (Å²) in [5, 5.41) is 4.22. The van der Waals surface area contributed by atoms with Crippen LogP contribution in [0.2, 0.25) is 0 Å². The largest absolute Gasteiger partial charge is 0.330 e. The standard InChI is InChI=1S/C10H20N4S/c1-9(2)6-14-10(12-8-13-14)7-15-5-3-4-11/h8-9H,3-7,11H2,1-2H3. The van der Waals surface area contributed by atoms with Gasteiger partial charge in [0.05, 0.1) is 5.75 Å². The number of rotatable bonds is 7. The number of hydrogen-bond donors (Lipinski definition) is 1. The Labute approximate surface area is 95.6 Å². The summed E-state index contributed by atoms with van der Waals surface area (Å²) in [7, 11) is 0. The molecule has 0 aliphatic carbocycles. The first-order valence-corrected chi connectivity index (χ1v) is 6.54. The molecule has 0 aliphatic rings. The predicted octanol–water partition coefficient (Wildman–Crippen LogP) is 1.52. The summed E-state index contributed by atoms with van der Waals surface area (Å²) in [5.74, 6) is 3.72. The van der Waals surface area contributed by atoms with Crippen LogP contribution in [0.1, 0.15) is 26.1 Å². The second-order valence-corrected chi connectivity index (χ2v) is 5.05. The number of nitrogens with zero attached hydrogens (tertiary/aromatic N) is 3. The van der Waals surface area contributed by atoms with E-state index in [1.54, 1.807) is 6.33 Å². The molecule has 0 bridgehead atoms. The van der Waals surface area contributed by atoms with Crippen LogP contribution in [-0.2, 0) is 12.3 Å². The van der Waals surface area contributed by atoms with Crippen LogP contribution < -0.4 is 5.73 Å². The summed E-state index contributed by atoms with van der Waals surface area (Å²) < 4.78 is 2.00. The fourth-order valence-corrected chi connectivity index (χ4v) is 2.17. The van der Waals surface area contributed by atoms with Crippen LogP contribution in [0.25, 0.3) is 0 Å². The van der Waals surface area contributed by atoms with Crippen molar-refractivity contribution >= 4 is 11.8 Å². The Bertz CT molecular complexity index is 272. The van der Waals surface area contributed by atoms with E-state index in [4.69, 9.17) is 5.73 Å². The summed E-state index contributed by atoms with van der Waals surface area (Å²) >= 11 is 1.87. The lowest BCUT2D eigenvalue weighted by Crippen LogP contribution is -2.10. The highest BCUT2D eigenvalue weighted by Crippen LogP contribution is 2.11. The molecule has 0 atom stereocenters. The van der Waals surface area contributed by atoms with E-state index in [0.29, 0.717) is 5.92 Å². The molecule has 5 heteroatoms. The molecule has 1 aromatic rings. The molecule has 1 aromatic heterocycles. The van der Waals surface area contributed by atoms with Crippen LogP contribution >= 0.6 is 11.8 Å². The molecule has 0 aromatic carbocycles. The Kier molecular flexibility index (Phi) is 5.71. The van der Waals surface area contributed by atoms with Gasteiger partial charge >= 0.3 is 0 Å². The average Bonchev–Trinajstić information content (AvgIpc) is 2.59. The molecule has 2 N–H and O–H groups in total. The van der Waals surface area contributed by atoms with Gasteiger partial charge in [0.2, 0.25) is 0 Å². The van der Waals surface area contributed by atoms with Crippen molar-refractivity contribution in [1.82, 2.24) is 14.8 Å². The zero-order valence-electron chi connectivity index (χ0n) is 9.52. The van der Waals surface area contributed by atoms with Gasteiger partial charge in [-0.15, -0.1) is 0 Å². The molecule has 0 fully saturated rings. The zero-order valence-corrected chi connectivity index (χ0v) is 10.3. The first kappa shape index (κ1) is 12.5. The molecule has 0 amide bonds. The van der Waals surface area contributed by atoms with E-state index in [2.05, 4.69) is 23.9 Å². The second kappa shape index (κ2) is 6.85. The SMILES string of the molecule is CC(C)Cn1ncnc1CSCCCN. The van der Waals surface area contributed by atoms with Crippen LogP contribution in [0.3, 0.4) is 0 Å². The Morgan fingerprint density at radius 2 is 2.33 bits per heavy atom. The van der Waals surface area contributed by atoms with Gasteiger partial charge in [0.25, 0.3) is 0 Å². The quantitative estimate of drug-likeness (QED) is 0.719. The Hall–Kier alpha value is -0.550. The van der Waals surface area contributed by atoms with Gasteiger partial charge in [0.15, 0.2) is 0 Å². The van der Waals surface area contributed by atoms with E-state index >= 15 is 0 Å². The normalized spacial score (nSPS) is 11.2. The molecule has 4 nitrogen and oxygen atoms in total. The molecular formula is C10H20N4S. The molecule has 1 rings (SSSR count). The molecule has 86 valence electrons. The first-order valence-electron chi connectivity index (χ1n) is 5.38. The minimum Gasteiger partial charge on any atom is -0.330 e. The summed E-state index contributed by atoms with van der Waals surface area (Å²) in [4.78, 5) is 4.27. The van der Waals surface area contributed by atoms with Crippen molar-refractivity contribution < 1.29 is 0 Å². The zero-order chi connectivity index (χ0) is 11.1. The Balaban J connectivity index is 2.36. The molecule has 15 heavy (non-hydrogen) atoms. The first-order chi connectivity index (χ1) is 7.24. The van der Waals surface area contributed by atoms with Crippen LogP contribution in [0.5, 0.6) is 0 Å². The lowest BCUT2D eigenvalue weighted by atomic mass is 10.2. The molecular weight excluding hydrogens is 208 g/mol. The van der Waals surface area contributed by atoms with E-state index in [-0.39, 0.29) is 0 Å². The lowest BCUT2D eigenvalue weighted by Gasteiger charge is -2.07. The molecule has 0 aliphatic heterocycles. The van der Waals surface area contributed by atoms with Crippen molar-refractivity contribution in [3.05, 3.63) is 12.2 Å². The maximum absolute atomic E-state index is 5.44. The minimum absolute atomic E-state index is 0.611. The average molecular weight is 228 g/mol. The molecule has 0 radical (unpaired) electrons. The van der Waals surface area contributed by atoms with Gasteiger partial charge in [0.1, 0.15) is 12.2 Å². The van der Waals surface area contributed by atoms with Gasteiger partial charge in [-0.3, -0.25) is 0 Å². The van der Waals surface area contributed by atoms with Crippen LogP contribution in [0.15, 0.2) is 6.33 Å². The van der Waals surface area contributed by atoms with Crippen molar-refractivity contribution in [1.29, 1.82) is 0 Å². The Morgan fingerprint density at radius 1 is 1.53 bits per heavy atom. The summed E-state index contributed by atoms with van der Waals surface area (Å²) in [6.45, 7) is 6.10. The van der Waals surface area contributed by atoms with Crippen LogP contribution in [-0.4, -0.2) is 27.1 Å². The van der Waals surface area contributed by atoms with Crippen LogP contribution in [0.4, 0.5) is 0 Å². The van der Waals surface area contributed by atoms with E-state index in [1.807, 2.05) is 16.4 Å². The van der Waals surface area contributed by atoms with Crippen molar-refractivity contribution in [3.63, 3.8) is 0 Å². The smallest absolute Gasteiger partial charge is 0.138 e. The van der Waals surface area contributed by atoms with Gasteiger partial charge in [-0.2, -0.15) is 16.9 Å². The summed E-state index contributed by atoms with van der Waals surface area (Å²) in [6.07, 6.45) is 2.71. The van der Waals surface area contributed by atoms with Gasteiger partial charge in [-0.25, -0.2) is 9.67 Å². The third kappa shape index (κ3) is 4.66. The highest BCUT2D eigenvalue weighted by Gasteiger charge is 2.05. The maximum atomic E-state index is 5.44. The predicted molar refractivity (Wildman–Crippen MR) is 64.7 cm³/mol. The van der Waals surface area contributed by atoms with E-state index in [9.17, 15) is 0 Å². The molecule has 0 saturated heterocycles. The fraction of sp³-hybridized carbons (Fsp3) is 0.800. The molecule has 0 spiro atoms. The fourth-order valence-electron chi connectivity index (χ4n) is 1.25. The Morgan fingerprint density at radius 3 is 3.00 bits per heavy atom. The third-order valence-corrected chi connectivity index (χ3v) is 3.00. The second-order valence-electron chi connectivity index (χ2n) is 3.95. The van der Waals surface area contributed by atoms with Gasteiger partial charge < -0.3 is 5.73 Å². The molecule has 0 unspecified atom stereocenters. The van der Waals surface area contributed by atoms with Crippen molar-refractivity contribution in [2.75, 3.05) is 12.3 Å². The topological polar surface area (TPSA) is 56.7 Å². The monoisotopic (exact) mass is 228 g/mol. The van der Waals surface area contributed by atoms with Crippen molar-refractivity contribution in [2.24, 2.45) is 11.7 Å². The maximum Gasteiger partial charge on any atom is 0.138 e. The van der Waals surface area contributed by atoms with Gasteiger partial charge in [-0.1, -0.05) is 13.8 Å². The third-order valence-electron chi connectivity index (χ3n) is 1.96. The van der Waals surface area contributed by atoms with E-state index in [0.717, 1.165) is 36.8 Å². The van der Waals surface area contributed by atoms with E-state index in [1.165, 1.54) is 0 Å². The van der Waals surface area contributed by atoms with Gasteiger partial charge in [-0.05, 0) is 24.6 Å². The lowest BCUT2D eigenvalue weighted by molar-refractivity contribution is 0.471. The van der Waals surface area contributed by atoms with E-state index < -0.39 is 0 Å². The number of hydrogen-bond acceptors (Lipinski definition) is 4. The van der Waals surface area contributed by atoms with Crippen molar-refractivity contribution in [3.8, 4) is 0 Å². The minimum atomic E-state index is 0.611. The highest BCUT2D eigenvalue weighted by molar-refractivity contribution is 7.98. The molecule has 1 heterocycles. The van der Waals surface area contributed by atoms with Crippen molar-refractivity contribution in [2.45, 2.75) is 32.6 Å². The van der Waals surface area contributed by atoms with Crippen LogP contribution in [0, 0.1) is 5.92 Å². The van der Waals surface area contributed by atoms with Gasteiger partial charge in [0, 0.05) is 6.54 Å². The number of aromatic nitrogens is 3. The number of thioether (sulfide) groups is 1. The molecule has 0 saturated carbocycles. The summed E-state index contributed by atoms with van der Waals surface area (Å²) in [6, 6.07) is 0. The number of nitrogens with two attached hydrogens (primary N) is 1.